The van der Waals surface area contributed by atoms with Crippen molar-refractivity contribution in [3.63, 3.8) is 0 Å². The van der Waals surface area contributed by atoms with Gasteiger partial charge < -0.3 is 0 Å². The molecule has 0 fully saturated rings. The van der Waals surface area contributed by atoms with Crippen molar-refractivity contribution in [3.05, 3.63) is 65.3 Å². The molecule has 1 aliphatic rings. The topological polar surface area (TPSA) is 34.1 Å². The van der Waals surface area contributed by atoms with E-state index >= 15 is 0 Å². The molecule has 0 atom stereocenters. The average Bonchev–Trinajstić information content (AvgIpc) is 2.39. The molecule has 2 rings (SSSR count). The van der Waals surface area contributed by atoms with E-state index in [9.17, 15) is 9.59 Å². The number of rotatable bonds is 2. The maximum absolute atomic E-state index is 12.1. The monoisotopic (exact) mass is 210 g/mol. The van der Waals surface area contributed by atoms with Gasteiger partial charge in [-0.25, -0.2) is 4.79 Å². The van der Waals surface area contributed by atoms with Crippen LogP contribution in [0.25, 0.3) is 0 Å². The van der Waals surface area contributed by atoms with Gasteiger partial charge >= 0.3 is 0 Å². The fourth-order valence-corrected chi connectivity index (χ4v) is 1.62. The number of hydrogen-bond donors (Lipinski definition) is 0. The SMILES string of the molecule is O=C=C1CC=CC=C1C(=O)c1ccccc1. The molecule has 1 aromatic carbocycles. The van der Waals surface area contributed by atoms with E-state index in [0.717, 1.165) is 0 Å². The lowest BCUT2D eigenvalue weighted by Crippen LogP contribution is -2.07. The van der Waals surface area contributed by atoms with Crippen LogP contribution in [0.5, 0.6) is 0 Å². The first-order chi connectivity index (χ1) is 7.83. The molecule has 0 saturated heterocycles. The number of ketones is 1. The van der Waals surface area contributed by atoms with E-state index in [0.29, 0.717) is 23.1 Å². The molecular formula is C14H10O2. The smallest absolute Gasteiger partial charge is 0.194 e. The fourth-order valence-electron chi connectivity index (χ4n) is 1.62. The molecule has 0 spiro atoms. The Balaban J connectivity index is 2.39. The van der Waals surface area contributed by atoms with Crippen molar-refractivity contribution in [1.82, 2.24) is 0 Å². The zero-order valence-corrected chi connectivity index (χ0v) is 8.64. The second kappa shape index (κ2) is 4.56. The van der Waals surface area contributed by atoms with Gasteiger partial charge in [-0.3, -0.25) is 4.79 Å². The third-order valence-electron chi connectivity index (χ3n) is 2.45. The summed E-state index contributed by atoms with van der Waals surface area (Å²) in [6.45, 7) is 0. The molecule has 0 radical (unpaired) electrons. The maximum atomic E-state index is 12.1. The van der Waals surface area contributed by atoms with Crippen LogP contribution in [0.15, 0.2) is 59.7 Å². The summed E-state index contributed by atoms with van der Waals surface area (Å²) in [5.41, 5.74) is 1.47. The lowest BCUT2D eigenvalue weighted by atomic mass is 9.92. The highest BCUT2D eigenvalue weighted by Gasteiger charge is 2.17. The van der Waals surface area contributed by atoms with Crippen molar-refractivity contribution in [3.8, 4) is 0 Å². The van der Waals surface area contributed by atoms with Crippen molar-refractivity contribution in [2.24, 2.45) is 0 Å². The van der Waals surface area contributed by atoms with E-state index in [4.69, 9.17) is 0 Å². The second-order valence-corrected chi connectivity index (χ2v) is 3.49. The quantitative estimate of drug-likeness (QED) is 0.555. The molecule has 1 aromatic rings. The van der Waals surface area contributed by atoms with E-state index in [1.807, 2.05) is 18.1 Å². The Hall–Kier alpha value is -2.18. The third-order valence-corrected chi connectivity index (χ3v) is 2.45. The third kappa shape index (κ3) is 1.92. The molecule has 2 heteroatoms. The van der Waals surface area contributed by atoms with Crippen LogP contribution in [0.4, 0.5) is 0 Å². The van der Waals surface area contributed by atoms with Crippen LogP contribution in [0, 0.1) is 0 Å². The van der Waals surface area contributed by atoms with Gasteiger partial charge in [0.2, 0.25) is 0 Å². The van der Waals surface area contributed by atoms with Crippen LogP contribution in [0.3, 0.4) is 0 Å². The average molecular weight is 210 g/mol. The van der Waals surface area contributed by atoms with Gasteiger partial charge in [0.05, 0.1) is 5.57 Å². The number of Topliss-reactive ketones (excluding diaryl/α,β-unsaturated/α-hetero) is 1. The fraction of sp³-hybridized carbons (Fsp3) is 0.0714. The molecule has 0 bridgehead atoms. The molecule has 2 nitrogen and oxygen atoms in total. The van der Waals surface area contributed by atoms with Crippen LogP contribution in [0.2, 0.25) is 0 Å². The molecule has 0 saturated carbocycles. The molecule has 78 valence electrons. The van der Waals surface area contributed by atoms with Gasteiger partial charge in [0.15, 0.2) is 5.78 Å². The van der Waals surface area contributed by atoms with Gasteiger partial charge in [0, 0.05) is 17.6 Å². The predicted molar refractivity (Wildman–Crippen MR) is 61.8 cm³/mol. The minimum absolute atomic E-state index is 0.122. The van der Waals surface area contributed by atoms with Crippen molar-refractivity contribution in [2.45, 2.75) is 6.42 Å². The summed E-state index contributed by atoms with van der Waals surface area (Å²) in [6, 6.07) is 8.93. The first kappa shape index (κ1) is 10.3. The summed E-state index contributed by atoms with van der Waals surface area (Å²) in [5, 5.41) is 0. The van der Waals surface area contributed by atoms with Crippen LogP contribution < -0.4 is 0 Å². The van der Waals surface area contributed by atoms with E-state index in [2.05, 4.69) is 0 Å². The van der Waals surface area contributed by atoms with Gasteiger partial charge in [-0.2, -0.15) is 0 Å². The van der Waals surface area contributed by atoms with Crippen LogP contribution >= 0.6 is 0 Å². The number of benzene rings is 1. The van der Waals surface area contributed by atoms with Crippen LogP contribution in [0.1, 0.15) is 16.8 Å². The Labute approximate surface area is 93.6 Å². The normalized spacial score (nSPS) is 14.2. The summed E-state index contributed by atoms with van der Waals surface area (Å²) < 4.78 is 0. The molecule has 0 aliphatic heterocycles. The Morgan fingerprint density at radius 3 is 2.62 bits per heavy atom. The molecule has 0 amide bonds. The molecule has 1 aliphatic carbocycles. The highest BCUT2D eigenvalue weighted by Crippen LogP contribution is 2.21. The van der Waals surface area contributed by atoms with Crippen molar-refractivity contribution >= 4 is 11.7 Å². The highest BCUT2D eigenvalue weighted by molar-refractivity contribution is 6.13. The molecule has 0 unspecified atom stereocenters. The highest BCUT2D eigenvalue weighted by atomic mass is 16.1. The van der Waals surface area contributed by atoms with Crippen molar-refractivity contribution < 1.29 is 9.59 Å². The van der Waals surface area contributed by atoms with E-state index in [1.54, 1.807) is 36.4 Å². The van der Waals surface area contributed by atoms with Gasteiger partial charge in [-0.15, -0.1) is 0 Å². The van der Waals surface area contributed by atoms with Gasteiger partial charge in [0.25, 0.3) is 0 Å². The first-order valence-electron chi connectivity index (χ1n) is 5.04. The molecule has 0 heterocycles. The summed E-state index contributed by atoms with van der Waals surface area (Å²) in [7, 11) is 0. The van der Waals surface area contributed by atoms with Crippen LogP contribution in [-0.4, -0.2) is 11.7 Å². The van der Waals surface area contributed by atoms with Crippen molar-refractivity contribution in [1.29, 1.82) is 0 Å². The first-order valence-corrected chi connectivity index (χ1v) is 5.04. The number of allylic oxidation sites excluding steroid dienone is 5. The lowest BCUT2D eigenvalue weighted by Gasteiger charge is -2.08. The maximum Gasteiger partial charge on any atom is 0.194 e. The van der Waals surface area contributed by atoms with E-state index < -0.39 is 0 Å². The molecule has 0 aromatic heterocycles. The lowest BCUT2D eigenvalue weighted by molar-refractivity contribution is 0.103. The van der Waals surface area contributed by atoms with E-state index in [1.165, 1.54) is 0 Å². The zero-order chi connectivity index (χ0) is 11.4. The van der Waals surface area contributed by atoms with Crippen LogP contribution in [-0.2, 0) is 4.79 Å². The number of hydrogen-bond acceptors (Lipinski definition) is 2. The molecule has 16 heavy (non-hydrogen) atoms. The number of carbonyl (C=O) groups excluding carboxylic acids is 2. The minimum atomic E-state index is -0.122. The summed E-state index contributed by atoms with van der Waals surface area (Å²) in [5.74, 6) is 1.71. The number of carbonyl (C=O) groups is 1. The standard InChI is InChI=1S/C14H10O2/c15-10-12-8-4-5-9-13(12)14(16)11-6-2-1-3-7-11/h1-7,9H,8H2. The van der Waals surface area contributed by atoms with E-state index in [-0.39, 0.29) is 5.78 Å². The Morgan fingerprint density at radius 1 is 1.19 bits per heavy atom. The Morgan fingerprint density at radius 2 is 1.94 bits per heavy atom. The van der Waals surface area contributed by atoms with Gasteiger partial charge in [-0.1, -0.05) is 48.6 Å². The second-order valence-electron chi connectivity index (χ2n) is 3.49. The summed E-state index contributed by atoms with van der Waals surface area (Å²) in [4.78, 5) is 22.8. The van der Waals surface area contributed by atoms with Gasteiger partial charge in [-0.05, 0) is 0 Å². The predicted octanol–water partition coefficient (Wildman–Crippen LogP) is 2.51. The Bertz CT molecular complexity index is 515. The summed E-state index contributed by atoms with van der Waals surface area (Å²) >= 11 is 0. The zero-order valence-electron chi connectivity index (χ0n) is 8.64. The molecular weight excluding hydrogens is 200 g/mol. The van der Waals surface area contributed by atoms with Crippen molar-refractivity contribution in [2.75, 3.05) is 0 Å². The summed E-state index contributed by atoms with van der Waals surface area (Å²) in [6.07, 6.45) is 5.77. The minimum Gasteiger partial charge on any atom is -0.289 e. The molecule has 0 N–H and O–H groups in total. The van der Waals surface area contributed by atoms with Gasteiger partial charge in [0.1, 0.15) is 5.94 Å². The Kier molecular flexibility index (Phi) is 2.95. The largest absolute Gasteiger partial charge is 0.289 e.